The van der Waals surface area contributed by atoms with Crippen LogP contribution in [-0.4, -0.2) is 51.1 Å². The lowest BCUT2D eigenvalue weighted by Crippen LogP contribution is -2.52. The monoisotopic (exact) mass is 517 g/mol. The predicted octanol–water partition coefficient (Wildman–Crippen LogP) is 3.81. The molecule has 11 nitrogen and oxygen atoms in total. The standard InChI is InChI=1S/C27H31N7O4/c1-37-24-18(17-14-29-34(15-17)21-9-11-27(21)10-2-3-12-38-27)5-4-6-19(24)30-20-13-22(31-26(36)16-7-8-16)32-33-23(20)25(28)35/h4-6,13-16,21H,2-3,7-12H2,1H3,(H2,28,35)(H2,30,31,32,36)/t21-,27-/m1/s1. The van der Waals surface area contributed by atoms with E-state index in [9.17, 15) is 9.59 Å². The summed E-state index contributed by atoms with van der Waals surface area (Å²) in [5.41, 5.74) is 8.08. The molecular formula is C27H31N7O4. The molecular weight excluding hydrogens is 486 g/mol. The van der Waals surface area contributed by atoms with E-state index in [1.165, 1.54) is 6.42 Å². The van der Waals surface area contributed by atoms with E-state index in [1.54, 1.807) is 13.2 Å². The first-order valence-corrected chi connectivity index (χ1v) is 13.1. The lowest BCUT2D eigenvalue weighted by atomic mass is 9.70. The third-order valence-corrected chi connectivity index (χ3v) is 7.78. The van der Waals surface area contributed by atoms with E-state index in [2.05, 4.69) is 20.8 Å². The Morgan fingerprint density at radius 2 is 2.03 bits per heavy atom. The molecule has 3 heterocycles. The summed E-state index contributed by atoms with van der Waals surface area (Å²) in [5.74, 6) is -0.0391. The van der Waals surface area contributed by atoms with Gasteiger partial charge in [-0.2, -0.15) is 5.10 Å². The number of amides is 2. The largest absolute Gasteiger partial charge is 0.494 e. The van der Waals surface area contributed by atoms with Gasteiger partial charge in [0.05, 0.1) is 36.3 Å². The fraction of sp³-hybridized carbons (Fsp3) is 0.444. The zero-order chi connectivity index (χ0) is 26.3. The van der Waals surface area contributed by atoms with Gasteiger partial charge in [-0.15, -0.1) is 10.2 Å². The average Bonchev–Trinajstić information content (AvgIpc) is 3.67. The SMILES string of the molecule is COc1c(Nc2cc(NC(=O)C3CC3)nnc2C(N)=O)cccc1-c1cnn([C@@H]2CC[C@]23CCCCO3)c1. The Morgan fingerprint density at radius 1 is 1.16 bits per heavy atom. The highest BCUT2D eigenvalue weighted by Gasteiger charge is 2.50. The number of hydrogen-bond acceptors (Lipinski definition) is 8. The lowest BCUT2D eigenvalue weighted by Gasteiger charge is -2.51. The topological polar surface area (TPSA) is 146 Å². The highest BCUT2D eigenvalue weighted by Crippen LogP contribution is 2.50. The van der Waals surface area contributed by atoms with E-state index in [4.69, 9.17) is 20.3 Å². The van der Waals surface area contributed by atoms with Crippen LogP contribution in [0, 0.1) is 5.92 Å². The molecule has 3 fully saturated rings. The second-order valence-electron chi connectivity index (χ2n) is 10.3. The minimum atomic E-state index is -0.740. The zero-order valence-corrected chi connectivity index (χ0v) is 21.3. The number of anilines is 3. The molecule has 38 heavy (non-hydrogen) atoms. The van der Waals surface area contributed by atoms with Crippen LogP contribution < -0.4 is 21.1 Å². The molecule has 6 rings (SSSR count). The Bertz CT molecular complexity index is 1380. The van der Waals surface area contributed by atoms with Crippen molar-refractivity contribution < 1.29 is 19.1 Å². The summed E-state index contributed by atoms with van der Waals surface area (Å²) in [4.78, 5) is 24.3. The van der Waals surface area contributed by atoms with Crippen LogP contribution in [0.5, 0.6) is 5.75 Å². The minimum Gasteiger partial charge on any atom is -0.494 e. The number of rotatable bonds is 8. The van der Waals surface area contributed by atoms with E-state index in [0.717, 1.165) is 56.3 Å². The van der Waals surface area contributed by atoms with Gasteiger partial charge < -0.3 is 25.8 Å². The van der Waals surface area contributed by atoms with Crippen LogP contribution in [0.15, 0.2) is 36.7 Å². The quantitative estimate of drug-likeness (QED) is 0.409. The van der Waals surface area contributed by atoms with Crippen molar-refractivity contribution in [1.82, 2.24) is 20.0 Å². The molecule has 2 amide bonds. The Kier molecular flexibility index (Phi) is 6.22. The van der Waals surface area contributed by atoms with Crippen molar-refractivity contribution in [2.24, 2.45) is 11.7 Å². The van der Waals surface area contributed by atoms with Gasteiger partial charge in [0.1, 0.15) is 5.75 Å². The minimum absolute atomic E-state index is 0.00112. The van der Waals surface area contributed by atoms with Crippen LogP contribution in [0.1, 0.15) is 61.5 Å². The normalized spacial score (nSPS) is 22.5. The number of carbonyl (C=O) groups is 2. The van der Waals surface area contributed by atoms with Crippen molar-refractivity contribution in [3.05, 3.63) is 42.4 Å². The van der Waals surface area contributed by atoms with Gasteiger partial charge in [-0.1, -0.05) is 12.1 Å². The van der Waals surface area contributed by atoms with Crippen molar-refractivity contribution in [3.8, 4) is 16.9 Å². The molecule has 1 aromatic carbocycles. The molecule has 198 valence electrons. The second kappa shape index (κ2) is 9.71. The van der Waals surface area contributed by atoms with Crippen LogP contribution in [0.2, 0.25) is 0 Å². The third-order valence-electron chi connectivity index (χ3n) is 7.78. The first-order valence-electron chi connectivity index (χ1n) is 13.1. The number of nitrogens with one attached hydrogen (secondary N) is 2. The molecule has 1 saturated heterocycles. The lowest BCUT2D eigenvalue weighted by molar-refractivity contribution is -0.165. The molecule has 1 aliphatic heterocycles. The van der Waals surface area contributed by atoms with Gasteiger partial charge in [0.2, 0.25) is 5.91 Å². The maximum Gasteiger partial charge on any atom is 0.271 e. The highest BCUT2D eigenvalue weighted by molar-refractivity contribution is 5.99. The molecule has 0 radical (unpaired) electrons. The Balaban J connectivity index is 1.29. The summed E-state index contributed by atoms with van der Waals surface area (Å²) >= 11 is 0. The molecule has 0 unspecified atom stereocenters. The number of methoxy groups -OCH3 is 1. The Labute approximate surface area is 220 Å². The molecule has 2 aliphatic carbocycles. The van der Waals surface area contributed by atoms with Crippen molar-refractivity contribution in [1.29, 1.82) is 0 Å². The number of nitrogens with zero attached hydrogens (tertiary/aromatic N) is 4. The van der Waals surface area contributed by atoms with Crippen molar-refractivity contribution in [3.63, 3.8) is 0 Å². The fourth-order valence-electron chi connectivity index (χ4n) is 5.48. The van der Waals surface area contributed by atoms with Crippen LogP contribution in [0.4, 0.5) is 17.2 Å². The number of ether oxygens (including phenoxy) is 2. The first-order chi connectivity index (χ1) is 18.5. The van der Waals surface area contributed by atoms with Crippen molar-refractivity contribution >= 4 is 29.0 Å². The smallest absolute Gasteiger partial charge is 0.271 e. The van der Waals surface area contributed by atoms with E-state index < -0.39 is 5.91 Å². The second-order valence-corrected chi connectivity index (χ2v) is 10.3. The number of nitrogens with two attached hydrogens (primary N) is 1. The first kappa shape index (κ1) is 24.4. The molecule has 3 aliphatic rings. The van der Waals surface area contributed by atoms with Crippen LogP contribution in [0.25, 0.3) is 11.1 Å². The highest BCUT2D eigenvalue weighted by atomic mass is 16.5. The summed E-state index contributed by atoms with van der Waals surface area (Å²) in [6.07, 6.45) is 11.1. The van der Waals surface area contributed by atoms with E-state index >= 15 is 0 Å². The van der Waals surface area contributed by atoms with Gasteiger partial charge in [0.15, 0.2) is 11.5 Å². The van der Waals surface area contributed by atoms with Gasteiger partial charge in [-0.3, -0.25) is 14.3 Å². The summed E-state index contributed by atoms with van der Waals surface area (Å²) in [5, 5.41) is 18.6. The number of para-hydroxylation sites is 1. The molecule has 2 atom stereocenters. The van der Waals surface area contributed by atoms with Gasteiger partial charge in [0.25, 0.3) is 5.91 Å². The van der Waals surface area contributed by atoms with E-state index in [0.29, 0.717) is 17.1 Å². The maximum atomic E-state index is 12.2. The maximum absolute atomic E-state index is 12.2. The molecule has 2 saturated carbocycles. The van der Waals surface area contributed by atoms with Crippen LogP contribution >= 0.6 is 0 Å². The van der Waals surface area contributed by atoms with Crippen LogP contribution in [0.3, 0.4) is 0 Å². The van der Waals surface area contributed by atoms with Crippen LogP contribution in [-0.2, 0) is 9.53 Å². The summed E-state index contributed by atoms with van der Waals surface area (Å²) in [6, 6.07) is 7.46. The molecule has 2 aromatic heterocycles. The predicted molar refractivity (Wildman–Crippen MR) is 140 cm³/mol. The Morgan fingerprint density at radius 3 is 2.71 bits per heavy atom. The number of carbonyl (C=O) groups excluding carboxylic acids is 2. The molecule has 4 N–H and O–H groups in total. The summed E-state index contributed by atoms with van der Waals surface area (Å²) < 4.78 is 14.1. The van der Waals surface area contributed by atoms with E-state index in [1.807, 2.05) is 35.3 Å². The zero-order valence-electron chi connectivity index (χ0n) is 21.3. The number of primary amides is 1. The number of aromatic nitrogens is 4. The van der Waals surface area contributed by atoms with Crippen molar-refractivity contribution in [2.45, 2.75) is 56.6 Å². The number of hydrogen-bond donors (Lipinski definition) is 3. The summed E-state index contributed by atoms with van der Waals surface area (Å²) in [7, 11) is 1.59. The van der Waals surface area contributed by atoms with Crippen molar-refractivity contribution in [2.75, 3.05) is 24.4 Å². The van der Waals surface area contributed by atoms with E-state index in [-0.39, 0.29) is 35.0 Å². The summed E-state index contributed by atoms with van der Waals surface area (Å²) in [6.45, 7) is 0.815. The van der Waals surface area contributed by atoms with Gasteiger partial charge in [-0.05, 0) is 51.0 Å². The molecule has 11 heteroatoms. The fourth-order valence-corrected chi connectivity index (χ4v) is 5.48. The third kappa shape index (κ3) is 4.47. The van der Waals surface area contributed by atoms with Gasteiger partial charge >= 0.3 is 0 Å². The molecule has 1 spiro atoms. The average molecular weight is 518 g/mol. The van der Waals surface area contributed by atoms with Gasteiger partial charge in [-0.25, -0.2) is 0 Å². The number of benzene rings is 1. The molecule has 0 bridgehead atoms. The molecule has 3 aromatic rings. The Hall–Kier alpha value is -3.99. The van der Waals surface area contributed by atoms with Gasteiger partial charge in [0, 0.05) is 35.9 Å².